The summed E-state index contributed by atoms with van der Waals surface area (Å²) in [6.45, 7) is 4.83. The Labute approximate surface area is 132 Å². The highest BCUT2D eigenvalue weighted by Gasteiger charge is 2.24. The minimum absolute atomic E-state index is 0.213. The molecule has 0 bridgehead atoms. The first-order chi connectivity index (χ1) is 10.7. The summed E-state index contributed by atoms with van der Waals surface area (Å²) >= 11 is 0. The van der Waals surface area contributed by atoms with E-state index in [0.29, 0.717) is 6.04 Å². The maximum absolute atomic E-state index is 11.7. The fraction of sp³-hybridized carbons (Fsp3) is 0.706. The Balaban J connectivity index is 1.60. The minimum Gasteiger partial charge on any atom is -0.357 e. The van der Waals surface area contributed by atoms with Crippen LogP contribution in [0.5, 0.6) is 0 Å². The third-order valence-electron chi connectivity index (χ3n) is 4.90. The Morgan fingerprint density at radius 1 is 1.18 bits per heavy atom. The van der Waals surface area contributed by atoms with E-state index in [1.54, 1.807) is 13.3 Å². The molecule has 0 saturated carbocycles. The number of carbonyl (C=O) groups excluding carboxylic acids is 1. The van der Waals surface area contributed by atoms with Gasteiger partial charge in [0.2, 0.25) is 5.91 Å². The lowest BCUT2D eigenvalue weighted by atomic mass is 9.97. The average Bonchev–Trinajstić information content (AvgIpc) is 3.08. The first-order valence-corrected chi connectivity index (χ1v) is 8.57. The molecule has 1 atom stereocenters. The number of hydrogen-bond acceptors (Lipinski definition) is 4. The molecule has 1 aromatic rings. The number of aryl methyl sites for hydroxylation is 1. The van der Waals surface area contributed by atoms with Crippen molar-refractivity contribution in [1.82, 2.24) is 14.9 Å². The highest BCUT2D eigenvalue weighted by molar-refractivity contribution is 5.73. The van der Waals surface area contributed by atoms with Gasteiger partial charge in [-0.2, -0.15) is 0 Å². The number of piperidine rings is 1. The zero-order chi connectivity index (χ0) is 15.4. The van der Waals surface area contributed by atoms with Crippen molar-refractivity contribution in [3.8, 4) is 0 Å². The topological polar surface area (TPSA) is 49.3 Å². The number of hydrogen-bond donors (Lipinski definition) is 0. The highest BCUT2D eigenvalue weighted by Crippen LogP contribution is 2.22. The van der Waals surface area contributed by atoms with E-state index in [1.807, 2.05) is 4.90 Å². The van der Waals surface area contributed by atoms with Gasteiger partial charge in [0.25, 0.3) is 0 Å². The van der Waals surface area contributed by atoms with Gasteiger partial charge in [0, 0.05) is 44.4 Å². The molecule has 0 spiro atoms. The molecule has 0 radical (unpaired) electrons. The quantitative estimate of drug-likeness (QED) is 0.857. The van der Waals surface area contributed by atoms with Crippen LogP contribution >= 0.6 is 0 Å². The van der Waals surface area contributed by atoms with E-state index in [2.05, 4.69) is 20.9 Å². The second-order valence-electron chi connectivity index (χ2n) is 6.46. The van der Waals surface area contributed by atoms with Crippen LogP contribution in [-0.4, -0.2) is 46.5 Å². The van der Waals surface area contributed by atoms with Crippen LogP contribution in [0.1, 0.15) is 51.1 Å². The van der Waals surface area contributed by atoms with Crippen LogP contribution in [0.3, 0.4) is 0 Å². The van der Waals surface area contributed by atoms with E-state index in [0.717, 1.165) is 56.8 Å². The number of carbonyl (C=O) groups is 1. The Morgan fingerprint density at radius 3 is 2.73 bits per heavy atom. The third-order valence-corrected chi connectivity index (χ3v) is 4.90. The van der Waals surface area contributed by atoms with E-state index in [9.17, 15) is 4.79 Å². The van der Waals surface area contributed by atoms with Gasteiger partial charge in [-0.1, -0.05) is 0 Å². The van der Waals surface area contributed by atoms with Crippen molar-refractivity contribution in [2.45, 2.75) is 57.9 Å². The van der Waals surface area contributed by atoms with E-state index < -0.39 is 0 Å². The highest BCUT2D eigenvalue weighted by atomic mass is 16.2. The molecule has 0 N–H and O–H groups in total. The number of anilines is 1. The van der Waals surface area contributed by atoms with Crippen molar-refractivity contribution in [2.24, 2.45) is 0 Å². The Morgan fingerprint density at radius 2 is 1.95 bits per heavy atom. The monoisotopic (exact) mass is 302 g/mol. The van der Waals surface area contributed by atoms with Crippen LogP contribution in [0.4, 0.5) is 5.82 Å². The predicted octanol–water partition coefficient (Wildman–Crippen LogP) is 2.41. The van der Waals surface area contributed by atoms with Gasteiger partial charge in [-0.15, -0.1) is 0 Å². The van der Waals surface area contributed by atoms with Crippen molar-refractivity contribution in [3.63, 3.8) is 0 Å². The first-order valence-electron chi connectivity index (χ1n) is 8.57. The first kappa shape index (κ1) is 15.3. The van der Waals surface area contributed by atoms with Crippen LogP contribution in [0.25, 0.3) is 0 Å². The Bertz CT molecular complexity index is 513. The lowest BCUT2D eigenvalue weighted by Gasteiger charge is -2.35. The summed E-state index contributed by atoms with van der Waals surface area (Å²) < 4.78 is 0. The molecular formula is C17H26N4O. The molecule has 2 aliphatic rings. The molecule has 0 aromatic carbocycles. The minimum atomic E-state index is 0.213. The fourth-order valence-electron chi connectivity index (χ4n) is 3.67. The molecule has 1 unspecified atom stereocenters. The van der Waals surface area contributed by atoms with E-state index >= 15 is 0 Å². The van der Waals surface area contributed by atoms with Gasteiger partial charge in [0.1, 0.15) is 12.1 Å². The van der Waals surface area contributed by atoms with E-state index in [1.165, 1.54) is 19.3 Å². The second kappa shape index (κ2) is 7.07. The van der Waals surface area contributed by atoms with Crippen LogP contribution in [0.15, 0.2) is 12.4 Å². The molecule has 1 amide bonds. The van der Waals surface area contributed by atoms with Crippen molar-refractivity contribution in [2.75, 3.05) is 24.5 Å². The molecule has 1 aromatic heterocycles. The maximum Gasteiger partial charge on any atom is 0.219 e. The van der Waals surface area contributed by atoms with Crippen LogP contribution < -0.4 is 4.90 Å². The van der Waals surface area contributed by atoms with Gasteiger partial charge >= 0.3 is 0 Å². The summed E-state index contributed by atoms with van der Waals surface area (Å²) in [6, 6.07) is 2.52. The molecule has 120 valence electrons. The van der Waals surface area contributed by atoms with Crippen LogP contribution in [0.2, 0.25) is 0 Å². The summed E-state index contributed by atoms with van der Waals surface area (Å²) in [6.07, 6.45) is 9.65. The Hall–Kier alpha value is -1.65. The molecule has 5 nitrogen and oxygen atoms in total. The van der Waals surface area contributed by atoms with Gasteiger partial charge in [0.15, 0.2) is 0 Å². The second-order valence-corrected chi connectivity index (χ2v) is 6.46. The lowest BCUT2D eigenvalue weighted by Crippen LogP contribution is -2.42. The van der Waals surface area contributed by atoms with Crippen molar-refractivity contribution in [1.29, 1.82) is 0 Å². The molecule has 0 aliphatic carbocycles. The summed E-state index contributed by atoms with van der Waals surface area (Å²) in [5.41, 5.74) is 1.10. The largest absolute Gasteiger partial charge is 0.357 e. The fourth-order valence-corrected chi connectivity index (χ4v) is 3.67. The SMILES string of the molecule is CC(=O)N1CCCCC1CCc1cc(N2CCCC2)ncn1. The van der Waals surface area contributed by atoms with E-state index in [4.69, 9.17) is 0 Å². The number of aromatic nitrogens is 2. The summed E-state index contributed by atoms with van der Waals surface area (Å²) in [4.78, 5) is 25.0. The smallest absolute Gasteiger partial charge is 0.219 e. The maximum atomic E-state index is 11.7. The molecule has 3 rings (SSSR count). The zero-order valence-corrected chi connectivity index (χ0v) is 13.5. The standard InChI is InChI=1S/C17H26N4O/c1-14(22)21-11-3-2-6-16(21)8-7-15-12-17(19-13-18-15)20-9-4-5-10-20/h12-13,16H,2-11H2,1H3. The summed E-state index contributed by atoms with van der Waals surface area (Å²) in [5.74, 6) is 1.28. The number of rotatable bonds is 4. The lowest BCUT2D eigenvalue weighted by molar-refractivity contribution is -0.132. The number of amides is 1. The van der Waals surface area contributed by atoms with Crippen LogP contribution in [0, 0.1) is 0 Å². The number of likely N-dealkylation sites (tertiary alicyclic amines) is 1. The molecule has 2 saturated heterocycles. The molecule has 3 heterocycles. The third kappa shape index (κ3) is 3.57. The zero-order valence-electron chi connectivity index (χ0n) is 13.5. The van der Waals surface area contributed by atoms with Gasteiger partial charge in [-0.05, 0) is 44.9 Å². The van der Waals surface area contributed by atoms with Gasteiger partial charge in [-0.3, -0.25) is 4.79 Å². The predicted molar refractivity (Wildman–Crippen MR) is 86.8 cm³/mol. The molecule has 2 aliphatic heterocycles. The van der Waals surface area contributed by atoms with Gasteiger partial charge in [0.05, 0.1) is 0 Å². The molecular weight excluding hydrogens is 276 g/mol. The Kier molecular flexibility index (Phi) is 4.90. The average molecular weight is 302 g/mol. The molecule has 5 heteroatoms. The van der Waals surface area contributed by atoms with Crippen molar-refractivity contribution < 1.29 is 4.79 Å². The van der Waals surface area contributed by atoms with Crippen LogP contribution in [-0.2, 0) is 11.2 Å². The normalized spacial score (nSPS) is 22.1. The van der Waals surface area contributed by atoms with Gasteiger partial charge in [-0.25, -0.2) is 9.97 Å². The van der Waals surface area contributed by atoms with Crippen molar-refractivity contribution in [3.05, 3.63) is 18.1 Å². The summed E-state index contributed by atoms with van der Waals surface area (Å²) in [7, 11) is 0. The van der Waals surface area contributed by atoms with Crippen molar-refractivity contribution >= 4 is 11.7 Å². The summed E-state index contributed by atoms with van der Waals surface area (Å²) in [5, 5.41) is 0. The molecule has 22 heavy (non-hydrogen) atoms. The van der Waals surface area contributed by atoms with Gasteiger partial charge < -0.3 is 9.80 Å². The number of nitrogens with zero attached hydrogens (tertiary/aromatic N) is 4. The van der Waals surface area contributed by atoms with E-state index in [-0.39, 0.29) is 5.91 Å². The molecule has 2 fully saturated rings.